The normalized spacial score (nSPS) is 29.4. The van der Waals surface area contributed by atoms with Crippen LogP contribution in [0, 0.1) is 5.92 Å². The number of halogens is 1. The predicted octanol–water partition coefficient (Wildman–Crippen LogP) is 0.862. The molecule has 1 N–H and O–H groups in total. The van der Waals surface area contributed by atoms with Gasteiger partial charge in [0.05, 0.1) is 6.67 Å². The number of nitrogens with zero attached hydrogens (tertiary/aromatic N) is 1. The van der Waals surface area contributed by atoms with Gasteiger partial charge in [-0.15, -0.1) is 0 Å². The van der Waals surface area contributed by atoms with Gasteiger partial charge in [-0.3, -0.25) is 14.0 Å². The smallest absolute Gasteiger partial charge is 0.246 e. The van der Waals surface area contributed by atoms with Crippen LogP contribution in [0.15, 0.2) is 0 Å². The highest BCUT2D eigenvalue weighted by Gasteiger charge is 2.45. The lowest BCUT2D eigenvalue weighted by molar-refractivity contribution is -0.150. The lowest BCUT2D eigenvalue weighted by atomic mass is 10.0. The van der Waals surface area contributed by atoms with Crippen LogP contribution in [0.3, 0.4) is 0 Å². The zero-order valence-corrected chi connectivity index (χ0v) is 10.1. The fraction of sp³-hybridized carbons (Fsp3) is 0.833. The molecule has 2 aliphatic rings. The first-order valence-electron chi connectivity index (χ1n) is 6.35. The van der Waals surface area contributed by atoms with Crippen LogP contribution < -0.4 is 5.32 Å². The third-order valence-electron chi connectivity index (χ3n) is 3.54. The second kappa shape index (κ2) is 5.02. The molecule has 2 fully saturated rings. The first-order valence-corrected chi connectivity index (χ1v) is 6.35. The van der Waals surface area contributed by atoms with E-state index in [2.05, 4.69) is 5.32 Å². The molecule has 5 heteroatoms. The maximum Gasteiger partial charge on any atom is 0.246 e. The third kappa shape index (κ3) is 2.42. The lowest BCUT2D eigenvalue weighted by Crippen LogP contribution is -2.63. The number of carbonyl (C=O) groups is 2. The molecular formula is C12H19FN2O2. The van der Waals surface area contributed by atoms with E-state index >= 15 is 0 Å². The fourth-order valence-electron chi connectivity index (χ4n) is 2.44. The van der Waals surface area contributed by atoms with E-state index in [4.69, 9.17) is 0 Å². The molecule has 0 bridgehead atoms. The first-order chi connectivity index (χ1) is 8.19. The number of amides is 2. The van der Waals surface area contributed by atoms with Gasteiger partial charge in [0.25, 0.3) is 0 Å². The van der Waals surface area contributed by atoms with Crippen molar-refractivity contribution in [1.82, 2.24) is 10.2 Å². The van der Waals surface area contributed by atoms with Crippen molar-refractivity contribution in [3.05, 3.63) is 0 Å². The van der Waals surface area contributed by atoms with Gasteiger partial charge in [-0.2, -0.15) is 0 Å². The van der Waals surface area contributed by atoms with Gasteiger partial charge < -0.3 is 10.2 Å². The molecule has 0 radical (unpaired) electrons. The SMILES string of the molecule is CCC1C(=O)NC(C2CC2)C(=O)N1CCCF. The summed E-state index contributed by atoms with van der Waals surface area (Å²) in [5.41, 5.74) is 0. The molecule has 0 spiro atoms. The Labute approximate surface area is 101 Å². The van der Waals surface area contributed by atoms with Gasteiger partial charge in [-0.05, 0) is 31.6 Å². The van der Waals surface area contributed by atoms with E-state index < -0.39 is 12.7 Å². The number of nitrogens with one attached hydrogen (secondary N) is 1. The van der Waals surface area contributed by atoms with Crippen molar-refractivity contribution < 1.29 is 14.0 Å². The monoisotopic (exact) mass is 242 g/mol. The molecule has 1 saturated carbocycles. The van der Waals surface area contributed by atoms with Crippen LogP contribution in [0.2, 0.25) is 0 Å². The summed E-state index contributed by atoms with van der Waals surface area (Å²) in [4.78, 5) is 25.7. The highest BCUT2D eigenvalue weighted by molar-refractivity contribution is 5.97. The molecule has 0 aromatic rings. The van der Waals surface area contributed by atoms with Crippen LogP contribution in [-0.2, 0) is 9.59 Å². The molecular weight excluding hydrogens is 223 g/mol. The Hall–Kier alpha value is -1.13. The quantitative estimate of drug-likeness (QED) is 0.777. The summed E-state index contributed by atoms with van der Waals surface area (Å²) in [7, 11) is 0. The third-order valence-corrected chi connectivity index (χ3v) is 3.54. The van der Waals surface area contributed by atoms with Crippen LogP contribution in [0.25, 0.3) is 0 Å². The molecule has 96 valence electrons. The minimum Gasteiger partial charge on any atom is -0.342 e. The highest BCUT2D eigenvalue weighted by Crippen LogP contribution is 2.35. The van der Waals surface area contributed by atoms with Gasteiger partial charge in [0.2, 0.25) is 11.8 Å². The first kappa shape index (κ1) is 12.3. The predicted molar refractivity (Wildman–Crippen MR) is 61.0 cm³/mol. The van der Waals surface area contributed by atoms with E-state index in [1.165, 1.54) is 0 Å². The molecule has 2 amide bonds. The maximum absolute atomic E-state index is 12.2. The van der Waals surface area contributed by atoms with Crippen molar-refractivity contribution in [3.8, 4) is 0 Å². The lowest BCUT2D eigenvalue weighted by Gasteiger charge is -2.38. The molecule has 2 unspecified atom stereocenters. The van der Waals surface area contributed by atoms with Crippen LogP contribution in [0.1, 0.15) is 32.6 Å². The van der Waals surface area contributed by atoms with Crippen molar-refractivity contribution in [2.24, 2.45) is 5.92 Å². The summed E-state index contributed by atoms with van der Waals surface area (Å²) in [5.74, 6) is 0.201. The number of hydrogen-bond acceptors (Lipinski definition) is 2. The van der Waals surface area contributed by atoms with Gasteiger partial charge in [-0.1, -0.05) is 6.92 Å². The van der Waals surface area contributed by atoms with Gasteiger partial charge >= 0.3 is 0 Å². The Morgan fingerprint density at radius 3 is 2.65 bits per heavy atom. The van der Waals surface area contributed by atoms with Crippen LogP contribution in [0.5, 0.6) is 0 Å². The molecule has 2 rings (SSSR count). The summed E-state index contributed by atoms with van der Waals surface area (Å²) >= 11 is 0. The van der Waals surface area contributed by atoms with Crippen LogP contribution in [0.4, 0.5) is 4.39 Å². The summed E-state index contributed by atoms with van der Waals surface area (Å²) in [6, 6.07) is -0.769. The van der Waals surface area contributed by atoms with Crippen LogP contribution >= 0.6 is 0 Å². The second-order valence-electron chi connectivity index (χ2n) is 4.82. The van der Waals surface area contributed by atoms with Gasteiger partial charge in [0, 0.05) is 6.54 Å². The van der Waals surface area contributed by atoms with Crippen molar-refractivity contribution in [3.63, 3.8) is 0 Å². The molecule has 17 heavy (non-hydrogen) atoms. The average molecular weight is 242 g/mol. The maximum atomic E-state index is 12.2. The number of alkyl halides is 1. The van der Waals surface area contributed by atoms with Gasteiger partial charge in [0.1, 0.15) is 12.1 Å². The molecule has 0 aromatic carbocycles. The summed E-state index contributed by atoms with van der Waals surface area (Å²) < 4.78 is 12.2. The van der Waals surface area contributed by atoms with Crippen molar-refractivity contribution in [2.75, 3.05) is 13.2 Å². The fourth-order valence-corrected chi connectivity index (χ4v) is 2.44. The zero-order chi connectivity index (χ0) is 12.4. The molecule has 2 atom stereocenters. The minimum absolute atomic E-state index is 0.0209. The summed E-state index contributed by atoms with van der Waals surface area (Å²) in [6.07, 6.45) is 2.91. The topological polar surface area (TPSA) is 49.4 Å². The Morgan fingerprint density at radius 2 is 2.12 bits per heavy atom. The number of rotatable bonds is 5. The number of carbonyl (C=O) groups excluding carboxylic acids is 2. The Morgan fingerprint density at radius 1 is 1.41 bits per heavy atom. The average Bonchev–Trinajstić information content (AvgIpc) is 3.13. The molecule has 4 nitrogen and oxygen atoms in total. The van der Waals surface area contributed by atoms with Gasteiger partial charge in [-0.25, -0.2) is 0 Å². The molecule has 1 aliphatic heterocycles. The number of hydrogen-bond donors (Lipinski definition) is 1. The van der Waals surface area contributed by atoms with Crippen molar-refractivity contribution >= 4 is 11.8 Å². The van der Waals surface area contributed by atoms with E-state index in [0.29, 0.717) is 25.3 Å². The number of piperazine rings is 1. The highest BCUT2D eigenvalue weighted by atomic mass is 19.1. The van der Waals surface area contributed by atoms with E-state index in [1.807, 2.05) is 6.92 Å². The minimum atomic E-state index is -0.448. The van der Waals surface area contributed by atoms with E-state index in [-0.39, 0.29) is 17.9 Å². The Bertz CT molecular complexity index is 318. The van der Waals surface area contributed by atoms with Crippen molar-refractivity contribution in [2.45, 2.75) is 44.7 Å². The standard InChI is InChI=1S/C12H19FN2O2/c1-2-9-11(16)14-10(8-4-5-8)12(17)15(9)7-3-6-13/h8-10H,2-7H2,1H3,(H,14,16). The molecule has 1 saturated heterocycles. The molecule has 1 heterocycles. The van der Waals surface area contributed by atoms with E-state index in [1.54, 1.807) is 4.90 Å². The largest absolute Gasteiger partial charge is 0.342 e. The van der Waals surface area contributed by atoms with Gasteiger partial charge in [0.15, 0.2) is 0 Å². The summed E-state index contributed by atoms with van der Waals surface area (Å²) in [5, 5.41) is 2.81. The zero-order valence-electron chi connectivity index (χ0n) is 10.1. The molecule has 0 aromatic heterocycles. The second-order valence-corrected chi connectivity index (χ2v) is 4.82. The molecule has 1 aliphatic carbocycles. The Kier molecular flexibility index (Phi) is 3.64. The van der Waals surface area contributed by atoms with Crippen molar-refractivity contribution in [1.29, 1.82) is 0 Å². The Balaban J connectivity index is 2.09. The van der Waals surface area contributed by atoms with Crippen LogP contribution in [-0.4, -0.2) is 42.0 Å². The van der Waals surface area contributed by atoms with E-state index in [0.717, 1.165) is 12.8 Å². The summed E-state index contributed by atoms with van der Waals surface area (Å²) in [6.45, 7) is 1.78. The van der Waals surface area contributed by atoms with E-state index in [9.17, 15) is 14.0 Å².